The first-order chi connectivity index (χ1) is 8.04. The fourth-order valence-electron chi connectivity index (χ4n) is 3.25. The third-order valence-corrected chi connectivity index (χ3v) is 4.42. The molecule has 1 saturated heterocycles. The summed E-state index contributed by atoms with van der Waals surface area (Å²) < 4.78 is 5.44. The highest BCUT2D eigenvalue weighted by atomic mass is 16.6. The highest BCUT2D eigenvalue weighted by Gasteiger charge is 2.58. The van der Waals surface area contributed by atoms with Gasteiger partial charge in [0, 0.05) is 18.0 Å². The van der Waals surface area contributed by atoms with E-state index in [0.29, 0.717) is 6.54 Å². The number of fused-ring (bicyclic) bond motifs is 2. The molecule has 4 nitrogen and oxygen atoms in total. The van der Waals surface area contributed by atoms with Gasteiger partial charge in [-0.3, -0.25) is 0 Å². The summed E-state index contributed by atoms with van der Waals surface area (Å²) in [4.78, 5) is 14.0. The summed E-state index contributed by atoms with van der Waals surface area (Å²) in [6.45, 7) is 9.97. The largest absolute Gasteiger partial charge is 0.444 e. The molecule has 0 spiro atoms. The number of carbonyl (C=O) groups excluding carboxylic acids is 1. The van der Waals surface area contributed by atoms with Crippen LogP contribution in [0.3, 0.4) is 0 Å². The van der Waals surface area contributed by atoms with Gasteiger partial charge in [0.2, 0.25) is 0 Å². The lowest BCUT2D eigenvalue weighted by molar-refractivity contribution is -0.0558. The summed E-state index contributed by atoms with van der Waals surface area (Å²) >= 11 is 0. The highest BCUT2D eigenvalue weighted by molar-refractivity contribution is 5.69. The molecular weight excluding hydrogens is 230 g/mol. The summed E-state index contributed by atoms with van der Waals surface area (Å²) in [5.74, 6) is 0. The second-order valence-electron chi connectivity index (χ2n) is 7.34. The number of amides is 1. The maximum Gasteiger partial charge on any atom is 0.410 e. The van der Waals surface area contributed by atoms with Gasteiger partial charge in [-0.15, -0.1) is 0 Å². The van der Waals surface area contributed by atoms with Crippen LogP contribution in [0, 0.1) is 5.41 Å². The average Bonchev–Trinajstić information content (AvgIpc) is 2.71. The second-order valence-corrected chi connectivity index (χ2v) is 7.34. The number of ether oxygens (including phenoxy) is 1. The van der Waals surface area contributed by atoms with Crippen molar-refractivity contribution in [2.24, 2.45) is 5.41 Å². The Kier molecular flexibility index (Phi) is 2.93. The van der Waals surface area contributed by atoms with Crippen molar-refractivity contribution in [3.8, 4) is 0 Å². The van der Waals surface area contributed by atoms with Crippen molar-refractivity contribution >= 4 is 6.09 Å². The number of carbonyl (C=O) groups is 1. The SMILES string of the molecule is CC(C)(C)OC(=O)N1CC2(C(C)(C)O)CCC1C2. The fourth-order valence-corrected chi connectivity index (χ4v) is 3.25. The Morgan fingerprint density at radius 3 is 2.39 bits per heavy atom. The van der Waals surface area contributed by atoms with E-state index in [1.807, 2.05) is 39.5 Å². The quantitative estimate of drug-likeness (QED) is 0.783. The molecule has 2 bridgehead atoms. The van der Waals surface area contributed by atoms with Crippen molar-refractivity contribution in [2.75, 3.05) is 6.54 Å². The summed E-state index contributed by atoms with van der Waals surface area (Å²) in [5, 5.41) is 10.3. The molecule has 2 fully saturated rings. The van der Waals surface area contributed by atoms with Crippen LogP contribution in [-0.4, -0.2) is 39.9 Å². The monoisotopic (exact) mass is 255 g/mol. The summed E-state index contributed by atoms with van der Waals surface area (Å²) in [6, 6.07) is 0.242. The smallest absolute Gasteiger partial charge is 0.410 e. The maximum absolute atomic E-state index is 12.1. The van der Waals surface area contributed by atoms with Crippen molar-refractivity contribution < 1.29 is 14.6 Å². The number of hydrogen-bond donors (Lipinski definition) is 1. The van der Waals surface area contributed by atoms with Gasteiger partial charge in [0.05, 0.1) is 5.60 Å². The number of hydrogen-bond acceptors (Lipinski definition) is 3. The van der Waals surface area contributed by atoms with Gasteiger partial charge in [-0.1, -0.05) is 0 Å². The van der Waals surface area contributed by atoms with Crippen molar-refractivity contribution in [2.45, 2.75) is 71.1 Å². The zero-order chi connectivity index (χ0) is 13.8. The van der Waals surface area contributed by atoms with Crippen LogP contribution >= 0.6 is 0 Å². The van der Waals surface area contributed by atoms with E-state index in [1.54, 1.807) is 0 Å². The van der Waals surface area contributed by atoms with Crippen LogP contribution in [0.2, 0.25) is 0 Å². The van der Waals surface area contributed by atoms with Gasteiger partial charge in [-0.2, -0.15) is 0 Å². The molecule has 2 aliphatic rings. The van der Waals surface area contributed by atoms with E-state index in [9.17, 15) is 9.90 Å². The van der Waals surface area contributed by atoms with E-state index < -0.39 is 11.2 Å². The molecule has 1 saturated carbocycles. The molecule has 1 heterocycles. The molecule has 4 heteroatoms. The lowest BCUT2D eigenvalue weighted by Gasteiger charge is -2.40. The zero-order valence-electron chi connectivity index (χ0n) is 12.1. The molecule has 2 unspecified atom stereocenters. The van der Waals surface area contributed by atoms with Crippen LogP contribution in [0.4, 0.5) is 4.79 Å². The van der Waals surface area contributed by atoms with Crippen LogP contribution in [0.1, 0.15) is 53.9 Å². The average molecular weight is 255 g/mol. The van der Waals surface area contributed by atoms with E-state index in [-0.39, 0.29) is 17.6 Å². The summed E-state index contributed by atoms with van der Waals surface area (Å²) in [7, 11) is 0. The normalized spacial score (nSPS) is 31.9. The number of likely N-dealkylation sites (tertiary alicyclic amines) is 1. The first-order valence-corrected chi connectivity index (χ1v) is 6.76. The Hall–Kier alpha value is -0.770. The highest BCUT2D eigenvalue weighted by Crippen LogP contribution is 2.53. The molecule has 18 heavy (non-hydrogen) atoms. The summed E-state index contributed by atoms with van der Waals surface area (Å²) in [6.07, 6.45) is 2.64. The summed E-state index contributed by atoms with van der Waals surface area (Å²) in [5.41, 5.74) is -1.34. The molecule has 1 aliphatic heterocycles. The van der Waals surface area contributed by atoms with Gasteiger partial charge in [-0.05, 0) is 53.9 Å². The molecule has 2 atom stereocenters. The van der Waals surface area contributed by atoms with Gasteiger partial charge in [0.1, 0.15) is 5.60 Å². The molecule has 1 N–H and O–H groups in total. The molecule has 0 aromatic heterocycles. The molecule has 1 aliphatic carbocycles. The van der Waals surface area contributed by atoms with E-state index >= 15 is 0 Å². The molecule has 2 rings (SSSR count). The maximum atomic E-state index is 12.1. The van der Waals surface area contributed by atoms with Crippen LogP contribution in [0.15, 0.2) is 0 Å². The van der Waals surface area contributed by atoms with E-state index in [4.69, 9.17) is 4.74 Å². The van der Waals surface area contributed by atoms with Crippen LogP contribution in [-0.2, 0) is 4.74 Å². The van der Waals surface area contributed by atoms with Gasteiger partial charge < -0.3 is 14.7 Å². The standard InChI is InChI=1S/C14H25NO3/c1-12(2,3)18-11(16)15-9-14(13(4,5)17)7-6-10(15)8-14/h10,17H,6-9H2,1-5H3. The van der Waals surface area contributed by atoms with E-state index in [0.717, 1.165) is 19.3 Å². The van der Waals surface area contributed by atoms with Crippen LogP contribution in [0.25, 0.3) is 0 Å². The van der Waals surface area contributed by atoms with Gasteiger partial charge >= 0.3 is 6.09 Å². The fraction of sp³-hybridized carbons (Fsp3) is 0.929. The van der Waals surface area contributed by atoms with Crippen molar-refractivity contribution in [3.05, 3.63) is 0 Å². The number of aliphatic hydroxyl groups is 1. The number of rotatable bonds is 1. The molecule has 1 amide bonds. The minimum absolute atomic E-state index is 0.144. The predicted octanol–water partition coefficient (Wildman–Crippen LogP) is 2.55. The van der Waals surface area contributed by atoms with Gasteiger partial charge in [-0.25, -0.2) is 4.79 Å². The Bertz CT molecular complexity index is 353. The first-order valence-electron chi connectivity index (χ1n) is 6.76. The Labute approximate surface area is 109 Å². The molecule has 0 aromatic carbocycles. The molecule has 0 aromatic rings. The minimum Gasteiger partial charge on any atom is -0.444 e. The molecular formula is C14H25NO3. The lowest BCUT2D eigenvalue weighted by Crippen LogP contribution is -2.49. The Morgan fingerprint density at radius 2 is 1.94 bits per heavy atom. The Morgan fingerprint density at radius 1 is 1.33 bits per heavy atom. The van der Waals surface area contributed by atoms with Crippen molar-refractivity contribution in [1.82, 2.24) is 4.90 Å². The number of piperidine rings is 1. The number of nitrogens with zero attached hydrogens (tertiary/aromatic N) is 1. The minimum atomic E-state index is -0.738. The lowest BCUT2D eigenvalue weighted by atomic mass is 9.73. The van der Waals surface area contributed by atoms with Gasteiger partial charge in [0.15, 0.2) is 0 Å². The second kappa shape index (κ2) is 3.86. The molecule has 104 valence electrons. The van der Waals surface area contributed by atoms with Crippen LogP contribution in [0.5, 0.6) is 0 Å². The zero-order valence-corrected chi connectivity index (χ0v) is 12.1. The Balaban J connectivity index is 2.10. The van der Waals surface area contributed by atoms with E-state index in [2.05, 4.69) is 0 Å². The molecule has 0 radical (unpaired) electrons. The van der Waals surface area contributed by atoms with Gasteiger partial charge in [0.25, 0.3) is 0 Å². The van der Waals surface area contributed by atoms with Crippen molar-refractivity contribution in [3.63, 3.8) is 0 Å². The van der Waals surface area contributed by atoms with Crippen molar-refractivity contribution in [1.29, 1.82) is 0 Å². The van der Waals surface area contributed by atoms with Crippen LogP contribution < -0.4 is 0 Å². The topological polar surface area (TPSA) is 49.8 Å². The third-order valence-electron chi connectivity index (χ3n) is 4.42. The first kappa shape index (κ1) is 13.7. The predicted molar refractivity (Wildman–Crippen MR) is 69.3 cm³/mol. The van der Waals surface area contributed by atoms with E-state index in [1.165, 1.54) is 0 Å². The third kappa shape index (κ3) is 2.22.